The zero-order valence-electron chi connectivity index (χ0n) is 10.2. The fraction of sp³-hybridized carbons (Fsp3) is 0.0667. The van der Waals surface area contributed by atoms with Crippen molar-refractivity contribution in [2.24, 2.45) is 0 Å². The second-order valence-electron chi connectivity index (χ2n) is 3.95. The average molecular weight is 289 g/mol. The standard InChI is InChI=1S/C15H10Cl2N2/c1-10-12(5-2-6-14(10)16)15(17)13(8-18)11-4-3-7-19-9-11/h2-7,9H,1H3/b15-13+. The summed E-state index contributed by atoms with van der Waals surface area (Å²) in [7, 11) is 0. The molecule has 2 nitrogen and oxygen atoms in total. The van der Waals surface area contributed by atoms with Crippen LogP contribution in [0.4, 0.5) is 0 Å². The van der Waals surface area contributed by atoms with Crippen molar-refractivity contribution in [3.05, 3.63) is 64.4 Å². The van der Waals surface area contributed by atoms with Crippen LogP contribution in [-0.4, -0.2) is 4.98 Å². The number of pyridine rings is 1. The van der Waals surface area contributed by atoms with Gasteiger partial charge in [-0.05, 0) is 30.2 Å². The fourth-order valence-electron chi connectivity index (χ4n) is 1.73. The molecule has 0 spiro atoms. The number of nitriles is 1. The van der Waals surface area contributed by atoms with Crippen LogP contribution in [0.2, 0.25) is 5.02 Å². The number of allylic oxidation sites excluding steroid dienone is 1. The Morgan fingerprint density at radius 3 is 2.68 bits per heavy atom. The predicted octanol–water partition coefficient (Wildman–Crippen LogP) is 4.67. The summed E-state index contributed by atoms with van der Waals surface area (Å²) in [6.45, 7) is 1.87. The van der Waals surface area contributed by atoms with Crippen LogP contribution >= 0.6 is 23.2 Å². The Morgan fingerprint density at radius 2 is 2.05 bits per heavy atom. The number of nitrogens with zero attached hydrogens (tertiary/aromatic N) is 2. The van der Waals surface area contributed by atoms with E-state index in [4.69, 9.17) is 23.2 Å². The molecule has 0 saturated carbocycles. The summed E-state index contributed by atoms with van der Waals surface area (Å²) in [5.74, 6) is 0. The van der Waals surface area contributed by atoms with Gasteiger partial charge in [0.2, 0.25) is 0 Å². The number of aromatic nitrogens is 1. The first kappa shape index (κ1) is 13.6. The van der Waals surface area contributed by atoms with Gasteiger partial charge >= 0.3 is 0 Å². The molecule has 0 fully saturated rings. The van der Waals surface area contributed by atoms with E-state index in [1.165, 1.54) is 0 Å². The molecule has 94 valence electrons. The zero-order valence-corrected chi connectivity index (χ0v) is 11.7. The maximum Gasteiger partial charge on any atom is 0.101 e. The minimum atomic E-state index is 0.385. The van der Waals surface area contributed by atoms with E-state index in [1.807, 2.05) is 19.1 Å². The van der Waals surface area contributed by atoms with Crippen LogP contribution in [0.5, 0.6) is 0 Å². The van der Waals surface area contributed by atoms with Crippen LogP contribution in [0.1, 0.15) is 16.7 Å². The summed E-state index contributed by atoms with van der Waals surface area (Å²) in [4.78, 5) is 4.00. The Bertz CT molecular complexity index is 670. The minimum Gasteiger partial charge on any atom is -0.264 e. The minimum absolute atomic E-state index is 0.385. The third-order valence-corrected chi connectivity index (χ3v) is 3.59. The topological polar surface area (TPSA) is 36.7 Å². The number of rotatable bonds is 2. The van der Waals surface area contributed by atoms with Gasteiger partial charge in [-0.1, -0.05) is 41.4 Å². The first-order valence-corrected chi connectivity index (χ1v) is 6.36. The highest BCUT2D eigenvalue weighted by Gasteiger charge is 2.12. The van der Waals surface area contributed by atoms with Crippen molar-refractivity contribution < 1.29 is 0 Å². The van der Waals surface area contributed by atoms with Gasteiger partial charge in [0.05, 0.1) is 10.6 Å². The predicted molar refractivity (Wildman–Crippen MR) is 78.7 cm³/mol. The summed E-state index contributed by atoms with van der Waals surface area (Å²) in [5, 5.41) is 10.3. The number of halogens is 2. The Balaban J connectivity index is 2.63. The molecule has 2 aromatic rings. The van der Waals surface area contributed by atoms with Gasteiger partial charge in [0.15, 0.2) is 0 Å². The second-order valence-corrected chi connectivity index (χ2v) is 4.74. The second kappa shape index (κ2) is 5.88. The molecule has 1 aromatic carbocycles. The average Bonchev–Trinajstić information content (AvgIpc) is 2.44. The van der Waals surface area contributed by atoms with Gasteiger partial charge in [0, 0.05) is 23.0 Å². The van der Waals surface area contributed by atoms with Crippen LogP contribution in [0.25, 0.3) is 10.6 Å². The molecule has 0 saturated heterocycles. The Hall–Kier alpha value is -1.82. The van der Waals surface area contributed by atoms with E-state index in [1.54, 1.807) is 30.6 Å². The van der Waals surface area contributed by atoms with E-state index in [9.17, 15) is 5.26 Å². The van der Waals surface area contributed by atoms with Crippen molar-refractivity contribution in [2.45, 2.75) is 6.92 Å². The van der Waals surface area contributed by atoms with Gasteiger partial charge in [0.1, 0.15) is 6.07 Å². The molecule has 0 aliphatic rings. The molecule has 0 aliphatic carbocycles. The van der Waals surface area contributed by atoms with Crippen LogP contribution in [0.15, 0.2) is 42.7 Å². The van der Waals surface area contributed by atoms with E-state index < -0.39 is 0 Å². The molecule has 0 atom stereocenters. The van der Waals surface area contributed by atoms with Crippen molar-refractivity contribution in [3.8, 4) is 6.07 Å². The Morgan fingerprint density at radius 1 is 1.26 bits per heavy atom. The van der Waals surface area contributed by atoms with Crippen LogP contribution in [-0.2, 0) is 0 Å². The third-order valence-electron chi connectivity index (χ3n) is 2.79. The summed E-state index contributed by atoms with van der Waals surface area (Å²) >= 11 is 12.4. The first-order valence-electron chi connectivity index (χ1n) is 5.61. The van der Waals surface area contributed by atoms with E-state index in [0.29, 0.717) is 21.2 Å². The fourth-order valence-corrected chi connectivity index (χ4v) is 2.26. The summed E-state index contributed by atoms with van der Waals surface area (Å²) in [6.07, 6.45) is 3.26. The number of benzene rings is 1. The van der Waals surface area contributed by atoms with Crippen molar-refractivity contribution in [2.75, 3.05) is 0 Å². The maximum atomic E-state index is 9.32. The van der Waals surface area contributed by atoms with E-state index >= 15 is 0 Å². The molecule has 2 rings (SSSR count). The molecule has 1 aromatic heterocycles. The molecule has 1 heterocycles. The molecule has 0 radical (unpaired) electrons. The lowest BCUT2D eigenvalue weighted by Crippen LogP contribution is -1.90. The van der Waals surface area contributed by atoms with E-state index in [-0.39, 0.29) is 0 Å². The first-order chi connectivity index (χ1) is 9.15. The molecule has 0 bridgehead atoms. The summed E-state index contributed by atoms with van der Waals surface area (Å²) < 4.78 is 0. The lowest BCUT2D eigenvalue weighted by Gasteiger charge is -2.08. The molecule has 4 heteroatoms. The highest BCUT2D eigenvalue weighted by molar-refractivity contribution is 6.53. The third kappa shape index (κ3) is 2.78. The van der Waals surface area contributed by atoms with Crippen molar-refractivity contribution in [3.63, 3.8) is 0 Å². The zero-order chi connectivity index (χ0) is 13.8. The lowest BCUT2D eigenvalue weighted by atomic mass is 10.0. The van der Waals surface area contributed by atoms with Crippen LogP contribution < -0.4 is 0 Å². The highest BCUT2D eigenvalue weighted by Crippen LogP contribution is 2.33. The van der Waals surface area contributed by atoms with Crippen molar-refractivity contribution in [1.82, 2.24) is 4.98 Å². The maximum absolute atomic E-state index is 9.32. The van der Waals surface area contributed by atoms with Gasteiger partial charge in [-0.2, -0.15) is 5.26 Å². The SMILES string of the molecule is Cc1c(Cl)cccc1/C(Cl)=C(/C#N)c1cccnc1. The van der Waals surface area contributed by atoms with Gasteiger partial charge < -0.3 is 0 Å². The van der Waals surface area contributed by atoms with Crippen LogP contribution in [0, 0.1) is 18.3 Å². The van der Waals surface area contributed by atoms with Gasteiger partial charge in [0.25, 0.3) is 0 Å². The normalized spacial score (nSPS) is 11.7. The van der Waals surface area contributed by atoms with Gasteiger partial charge in [-0.15, -0.1) is 0 Å². The lowest BCUT2D eigenvalue weighted by molar-refractivity contribution is 1.31. The Labute approximate surface area is 121 Å². The quantitative estimate of drug-likeness (QED) is 0.753. The monoisotopic (exact) mass is 288 g/mol. The largest absolute Gasteiger partial charge is 0.264 e. The molecule has 19 heavy (non-hydrogen) atoms. The smallest absolute Gasteiger partial charge is 0.101 e. The van der Waals surface area contributed by atoms with E-state index in [0.717, 1.165) is 11.1 Å². The molecular formula is C15H10Cl2N2. The Kier molecular flexibility index (Phi) is 4.21. The van der Waals surface area contributed by atoms with Crippen molar-refractivity contribution in [1.29, 1.82) is 5.26 Å². The van der Waals surface area contributed by atoms with Gasteiger partial charge in [-0.25, -0.2) is 0 Å². The van der Waals surface area contributed by atoms with Crippen LogP contribution in [0.3, 0.4) is 0 Å². The molecule has 0 amide bonds. The highest BCUT2D eigenvalue weighted by atomic mass is 35.5. The summed E-state index contributed by atoms with van der Waals surface area (Å²) in [5.41, 5.74) is 2.69. The van der Waals surface area contributed by atoms with E-state index in [2.05, 4.69) is 11.1 Å². The molecule has 0 N–H and O–H groups in total. The van der Waals surface area contributed by atoms with Gasteiger partial charge in [-0.3, -0.25) is 4.98 Å². The molecular weight excluding hydrogens is 279 g/mol. The molecule has 0 aliphatic heterocycles. The number of hydrogen-bond donors (Lipinski definition) is 0. The molecule has 0 unspecified atom stereocenters. The summed E-state index contributed by atoms with van der Waals surface area (Å²) in [6, 6.07) is 11.1. The number of hydrogen-bond acceptors (Lipinski definition) is 2. The van der Waals surface area contributed by atoms with Crippen molar-refractivity contribution >= 4 is 33.8 Å².